The second kappa shape index (κ2) is 7.46. The van der Waals surface area contributed by atoms with E-state index in [2.05, 4.69) is 10.4 Å². The molecule has 0 saturated carbocycles. The average molecular weight is 390 g/mol. The normalized spacial score (nSPS) is 15.6. The summed E-state index contributed by atoms with van der Waals surface area (Å²) >= 11 is 6.01. The summed E-state index contributed by atoms with van der Waals surface area (Å²) in [5.41, 5.74) is 0.822. The lowest BCUT2D eigenvalue weighted by Gasteiger charge is -2.18. The zero-order chi connectivity index (χ0) is 18.9. The first-order chi connectivity index (χ1) is 12.3. The van der Waals surface area contributed by atoms with Crippen molar-refractivity contribution in [3.8, 4) is 5.69 Å². The van der Waals surface area contributed by atoms with Gasteiger partial charge >= 0.3 is 6.18 Å². The molecule has 3 N–H and O–H groups in total. The van der Waals surface area contributed by atoms with E-state index in [0.717, 1.165) is 6.42 Å². The Morgan fingerprint density at radius 3 is 2.69 bits per heavy atom. The Bertz CT molecular complexity index is 792. The second-order valence-corrected chi connectivity index (χ2v) is 6.71. The molecule has 1 aliphatic carbocycles. The van der Waals surface area contributed by atoms with Crippen molar-refractivity contribution in [2.75, 3.05) is 18.5 Å². The Morgan fingerprint density at radius 2 is 2.00 bits per heavy atom. The van der Waals surface area contributed by atoms with Gasteiger partial charge in [-0.25, -0.2) is 4.68 Å². The van der Waals surface area contributed by atoms with Crippen LogP contribution in [0.25, 0.3) is 5.69 Å². The number of hydrogen-bond donors (Lipinski definition) is 3. The molecule has 0 bridgehead atoms. The Kier molecular flexibility index (Phi) is 5.45. The number of rotatable bonds is 5. The zero-order valence-corrected chi connectivity index (χ0v) is 14.6. The van der Waals surface area contributed by atoms with Gasteiger partial charge in [0.1, 0.15) is 0 Å². The van der Waals surface area contributed by atoms with E-state index in [4.69, 9.17) is 16.7 Å². The molecular formula is C17H19ClF3N3O2. The summed E-state index contributed by atoms with van der Waals surface area (Å²) in [6.45, 7) is -0.405. The molecule has 0 aliphatic heterocycles. The molecule has 26 heavy (non-hydrogen) atoms. The maximum atomic E-state index is 13.4. The zero-order valence-electron chi connectivity index (χ0n) is 13.9. The number of aromatic nitrogens is 2. The van der Waals surface area contributed by atoms with Crippen molar-refractivity contribution in [1.29, 1.82) is 0 Å². The highest BCUT2D eigenvalue weighted by atomic mass is 35.5. The first-order valence-corrected chi connectivity index (χ1v) is 8.69. The summed E-state index contributed by atoms with van der Waals surface area (Å²) in [4.78, 5) is 0. The third-order valence-corrected chi connectivity index (χ3v) is 4.61. The van der Waals surface area contributed by atoms with Gasteiger partial charge in [0.05, 0.1) is 24.1 Å². The summed E-state index contributed by atoms with van der Waals surface area (Å²) in [7, 11) is 0. The van der Waals surface area contributed by atoms with Crippen LogP contribution in [0.1, 0.15) is 29.8 Å². The van der Waals surface area contributed by atoms with E-state index in [9.17, 15) is 18.3 Å². The van der Waals surface area contributed by atoms with Gasteiger partial charge in [0.25, 0.3) is 0 Å². The van der Waals surface area contributed by atoms with E-state index in [1.807, 2.05) is 0 Å². The molecule has 9 heteroatoms. The van der Waals surface area contributed by atoms with Gasteiger partial charge in [-0.2, -0.15) is 18.3 Å². The molecule has 1 heterocycles. The van der Waals surface area contributed by atoms with E-state index >= 15 is 0 Å². The van der Waals surface area contributed by atoms with Crippen LogP contribution >= 0.6 is 11.6 Å². The number of nitrogens with zero attached hydrogens (tertiary/aromatic N) is 2. The number of halogens is 4. The molecule has 0 amide bonds. The number of fused-ring (bicyclic) bond motifs is 1. The number of alkyl halides is 3. The summed E-state index contributed by atoms with van der Waals surface area (Å²) in [5.74, 6) is 0. The Morgan fingerprint density at radius 1 is 1.27 bits per heavy atom. The molecule has 5 nitrogen and oxygen atoms in total. The van der Waals surface area contributed by atoms with Crippen LogP contribution in [0.15, 0.2) is 18.2 Å². The summed E-state index contributed by atoms with van der Waals surface area (Å²) in [5, 5.41) is 25.7. The number of benzene rings is 1. The van der Waals surface area contributed by atoms with Crippen LogP contribution < -0.4 is 5.32 Å². The molecule has 0 spiro atoms. The molecule has 2 aromatic rings. The topological polar surface area (TPSA) is 70.3 Å². The van der Waals surface area contributed by atoms with Gasteiger partial charge < -0.3 is 15.5 Å². The summed E-state index contributed by atoms with van der Waals surface area (Å²) in [6, 6.07) is 4.73. The van der Waals surface area contributed by atoms with Crippen LogP contribution in [0.3, 0.4) is 0 Å². The van der Waals surface area contributed by atoms with E-state index in [1.54, 1.807) is 18.2 Å². The van der Waals surface area contributed by atoms with Gasteiger partial charge in [-0.3, -0.25) is 0 Å². The second-order valence-electron chi connectivity index (χ2n) is 6.27. The van der Waals surface area contributed by atoms with Crippen LogP contribution in [-0.4, -0.2) is 39.2 Å². The standard InChI is InChI=1S/C17H19ClF3N3O2/c18-10-5-6-15(13(7-10)22-8-11(26)9-25)24-14-4-2-1-3-12(14)16(23-24)17(19,20)21/h5-7,11,22,25-26H,1-4,8-9H2. The third-order valence-electron chi connectivity index (χ3n) is 4.37. The van der Waals surface area contributed by atoms with Crippen LogP contribution in [0.4, 0.5) is 18.9 Å². The predicted octanol–water partition coefficient (Wildman–Crippen LogP) is 3.19. The summed E-state index contributed by atoms with van der Waals surface area (Å²) < 4.78 is 41.5. The molecule has 0 saturated heterocycles. The highest BCUT2D eigenvalue weighted by Gasteiger charge is 2.39. The van der Waals surface area contributed by atoms with Crippen molar-refractivity contribution in [2.24, 2.45) is 0 Å². The number of nitrogens with one attached hydrogen (secondary N) is 1. The highest BCUT2D eigenvalue weighted by Crippen LogP contribution is 2.38. The lowest BCUT2D eigenvalue weighted by Crippen LogP contribution is -2.23. The fourth-order valence-electron chi connectivity index (χ4n) is 3.15. The Balaban J connectivity index is 2.08. The van der Waals surface area contributed by atoms with E-state index < -0.39 is 24.6 Å². The van der Waals surface area contributed by atoms with Crippen molar-refractivity contribution in [3.63, 3.8) is 0 Å². The fraction of sp³-hybridized carbons (Fsp3) is 0.471. The monoisotopic (exact) mass is 389 g/mol. The van der Waals surface area contributed by atoms with Crippen molar-refractivity contribution in [3.05, 3.63) is 40.2 Å². The van der Waals surface area contributed by atoms with Gasteiger partial charge in [-0.05, 0) is 43.9 Å². The molecule has 1 aliphatic rings. The number of anilines is 1. The smallest absolute Gasteiger partial charge is 0.394 e. The largest absolute Gasteiger partial charge is 0.435 e. The Labute approximate surface area is 153 Å². The first-order valence-electron chi connectivity index (χ1n) is 8.32. The van der Waals surface area contributed by atoms with E-state index in [0.29, 0.717) is 41.4 Å². The minimum Gasteiger partial charge on any atom is -0.394 e. The van der Waals surface area contributed by atoms with Crippen LogP contribution in [-0.2, 0) is 19.0 Å². The minimum atomic E-state index is -4.51. The lowest BCUT2D eigenvalue weighted by atomic mass is 9.95. The van der Waals surface area contributed by atoms with Gasteiger partial charge in [0.15, 0.2) is 5.69 Å². The molecule has 0 radical (unpaired) electrons. The SMILES string of the molecule is OCC(O)CNc1cc(Cl)ccc1-n1nc(C(F)(F)F)c2c1CCCC2. The van der Waals surface area contributed by atoms with Gasteiger partial charge in [-0.15, -0.1) is 0 Å². The van der Waals surface area contributed by atoms with Crippen molar-refractivity contribution in [2.45, 2.75) is 38.0 Å². The molecule has 1 atom stereocenters. The van der Waals surface area contributed by atoms with Crippen molar-refractivity contribution >= 4 is 17.3 Å². The van der Waals surface area contributed by atoms with Crippen LogP contribution in [0.5, 0.6) is 0 Å². The molecule has 0 fully saturated rings. The quantitative estimate of drug-likeness (QED) is 0.734. The number of aliphatic hydroxyl groups excluding tert-OH is 2. The van der Waals surface area contributed by atoms with Gasteiger partial charge in [0, 0.05) is 22.8 Å². The Hall–Kier alpha value is -1.77. The lowest BCUT2D eigenvalue weighted by molar-refractivity contribution is -0.142. The van der Waals surface area contributed by atoms with Crippen LogP contribution in [0.2, 0.25) is 5.02 Å². The van der Waals surface area contributed by atoms with Gasteiger partial charge in [-0.1, -0.05) is 11.6 Å². The average Bonchev–Trinajstić information content (AvgIpc) is 2.99. The molecule has 1 aromatic heterocycles. The maximum absolute atomic E-state index is 13.4. The molecule has 1 aromatic carbocycles. The van der Waals surface area contributed by atoms with Gasteiger partial charge in [0.2, 0.25) is 0 Å². The molecular weight excluding hydrogens is 371 g/mol. The summed E-state index contributed by atoms with van der Waals surface area (Å²) in [6.07, 6.45) is -3.14. The first kappa shape index (κ1) is 19.0. The maximum Gasteiger partial charge on any atom is 0.435 e. The fourth-order valence-corrected chi connectivity index (χ4v) is 3.32. The van der Waals surface area contributed by atoms with Crippen molar-refractivity contribution < 1.29 is 23.4 Å². The van der Waals surface area contributed by atoms with E-state index in [-0.39, 0.29) is 12.1 Å². The molecule has 1 unspecified atom stereocenters. The minimum absolute atomic E-state index is 0.0272. The third kappa shape index (κ3) is 3.82. The number of hydrogen-bond acceptors (Lipinski definition) is 4. The molecule has 3 rings (SSSR count). The van der Waals surface area contributed by atoms with Crippen molar-refractivity contribution in [1.82, 2.24) is 9.78 Å². The molecule has 142 valence electrons. The van der Waals surface area contributed by atoms with Crippen LogP contribution in [0, 0.1) is 0 Å². The van der Waals surface area contributed by atoms with E-state index in [1.165, 1.54) is 4.68 Å². The highest BCUT2D eigenvalue weighted by molar-refractivity contribution is 6.31. The predicted molar refractivity (Wildman–Crippen MR) is 91.8 cm³/mol. The number of aliphatic hydroxyl groups is 2.